The van der Waals surface area contributed by atoms with Crippen molar-refractivity contribution in [1.29, 1.82) is 0 Å². The zero-order valence-corrected chi connectivity index (χ0v) is 7.90. The first kappa shape index (κ1) is 7.56. The van der Waals surface area contributed by atoms with Crippen LogP contribution in [-0.2, 0) is 7.05 Å². The average Bonchev–Trinajstić information content (AvgIpc) is 3.00. The molecule has 1 aromatic rings. The van der Waals surface area contributed by atoms with E-state index in [1.165, 1.54) is 24.8 Å². The summed E-state index contributed by atoms with van der Waals surface area (Å²) in [6.07, 6.45) is 8.22. The Bertz CT molecular complexity index is 314. The molecule has 2 atom stereocenters. The van der Waals surface area contributed by atoms with Crippen molar-refractivity contribution >= 4 is 0 Å². The first-order valence-electron chi connectivity index (χ1n) is 5.07. The van der Waals surface area contributed by atoms with Gasteiger partial charge in [-0.3, -0.25) is 4.68 Å². The lowest BCUT2D eigenvalue weighted by molar-refractivity contribution is 0.667. The molecule has 1 N–H and O–H groups in total. The molecule has 1 aromatic heterocycles. The van der Waals surface area contributed by atoms with E-state index in [0.717, 1.165) is 18.0 Å². The van der Waals surface area contributed by atoms with Gasteiger partial charge in [0.2, 0.25) is 0 Å². The topological polar surface area (TPSA) is 29.9 Å². The van der Waals surface area contributed by atoms with Crippen LogP contribution >= 0.6 is 0 Å². The molecule has 3 rings (SSSR count). The zero-order valence-electron chi connectivity index (χ0n) is 7.90. The second-order valence-electron chi connectivity index (χ2n) is 4.34. The third kappa shape index (κ3) is 1.48. The number of hydrogen-bond donors (Lipinski definition) is 1. The van der Waals surface area contributed by atoms with Gasteiger partial charge in [0, 0.05) is 31.2 Å². The molecule has 70 valence electrons. The maximum Gasteiger partial charge on any atom is 0.0525 e. The molecule has 1 heterocycles. The van der Waals surface area contributed by atoms with Crippen molar-refractivity contribution < 1.29 is 0 Å². The molecule has 2 aliphatic carbocycles. The lowest BCUT2D eigenvalue weighted by Gasteiger charge is -1.98. The van der Waals surface area contributed by atoms with E-state index in [9.17, 15) is 0 Å². The molecule has 0 bridgehead atoms. The van der Waals surface area contributed by atoms with Crippen LogP contribution in [0.25, 0.3) is 0 Å². The van der Waals surface area contributed by atoms with E-state index in [2.05, 4.69) is 16.6 Å². The number of nitrogens with one attached hydrogen (secondary N) is 1. The number of nitrogens with zero attached hydrogens (tertiary/aromatic N) is 2. The summed E-state index contributed by atoms with van der Waals surface area (Å²) >= 11 is 0. The van der Waals surface area contributed by atoms with Gasteiger partial charge in [-0.1, -0.05) is 0 Å². The molecule has 2 fully saturated rings. The van der Waals surface area contributed by atoms with Crippen molar-refractivity contribution in [3.05, 3.63) is 18.0 Å². The normalized spacial score (nSPS) is 32.1. The molecule has 0 saturated heterocycles. The van der Waals surface area contributed by atoms with E-state index in [0.29, 0.717) is 0 Å². The first-order valence-corrected chi connectivity index (χ1v) is 5.07. The van der Waals surface area contributed by atoms with E-state index in [-0.39, 0.29) is 0 Å². The van der Waals surface area contributed by atoms with Gasteiger partial charge in [-0.25, -0.2) is 0 Å². The summed E-state index contributed by atoms with van der Waals surface area (Å²) in [6, 6.07) is 1.59. The summed E-state index contributed by atoms with van der Waals surface area (Å²) in [5.74, 6) is 0.745. The van der Waals surface area contributed by atoms with Crippen LogP contribution in [0.2, 0.25) is 0 Å². The largest absolute Gasteiger partial charge is 0.311 e. The van der Waals surface area contributed by atoms with Crippen molar-refractivity contribution in [2.24, 2.45) is 7.05 Å². The minimum absolute atomic E-state index is 0.745. The van der Waals surface area contributed by atoms with E-state index in [1.54, 1.807) is 0 Å². The van der Waals surface area contributed by atoms with Crippen LogP contribution < -0.4 is 5.32 Å². The van der Waals surface area contributed by atoms with Crippen molar-refractivity contribution in [3.8, 4) is 0 Å². The predicted molar refractivity (Wildman–Crippen MR) is 50.5 cm³/mol. The van der Waals surface area contributed by atoms with E-state index < -0.39 is 0 Å². The third-order valence-electron chi connectivity index (χ3n) is 2.97. The molecule has 0 aromatic carbocycles. The fourth-order valence-corrected chi connectivity index (χ4v) is 1.93. The molecule has 2 saturated carbocycles. The second-order valence-corrected chi connectivity index (χ2v) is 4.34. The van der Waals surface area contributed by atoms with Crippen LogP contribution in [0.1, 0.15) is 30.7 Å². The van der Waals surface area contributed by atoms with Gasteiger partial charge in [-0.05, 0) is 24.8 Å². The first-order chi connectivity index (χ1) is 6.33. The lowest BCUT2D eigenvalue weighted by atomic mass is 10.2. The minimum Gasteiger partial charge on any atom is -0.311 e. The Morgan fingerprint density at radius 1 is 1.54 bits per heavy atom. The van der Waals surface area contributed by atoms with Crippen molar-refractivity contribution in [3.63, 3.8) is 0 Å². The molecule has 0 aliphatic heterocycles. The van der Waals surface area contributed by atoms with Crippen LogP contribution in [-0.4, -0.2) is 21.9 Å². The lowest BCUT2D eigenvalue weighted by Crippen LogP contribution is -2.19. The smallest absolute Gasteiger partial charge is 0.0525 e. The monoisotopic (exact) mass is 177 g/mol. The zero-order chi connectivity index (χ0) is 8.84. The van der Waals surface area contributed by atoms with Gasteiger partial charge in [0.1, 0.15) is 0 Å². The fraction of sp³-hybridized carbons (Fsp3) is 0.700. The molecule has 3 nitrogen and oxygen atoms in total. The summed E-state index contributed by atoms with van der Waals surface area (Å²) in [5, 5.41) is 7.84. The minimum atomic E-state index is 0.745. The molecule has 13 heavy (non-hydrogen) atoms. The molecular weight excluding hydrogens is 162 g/mol. The van der Waals surface area contributed by atoms with E-state index in [1.807, 2.05) is 17.9 Å². The predicted octanol–water partition coefficient (Wildman–Crippen LogP) is 1.03. The summed E-state index contributed by atoms with van der Waals surface area (Å²) in [7, 11) is 1.98. The highest BCUT2D eigenvalue weighted by Crippen LogP contribution is 2.42. The summed E-state index contributed by atoms with van der Waals surface area (Å²) < 4.78 is 1.89. The standard InChI is InChI=1S/C10H15N3/c1-13-6-7(5-11-13)9-4-10(9)12-8-2-3-8/h5-6,8-10,12H,2-4H2,1H3/t9-,10-/m1/s1. The molecule has 0 spiro atoms. The molecular formula is C10H15N3. The van der Waals surface area contributed by atoms with Gasteiger partial charge in [-0.2, -0.15) is 5.10 Å². The maximum absolute atomic E-state index is 4.20. The number of hydrogen-bond acceptors (Lipinski definition) is 2. The highest BCUT2D eigenvalue weighted by atomic mass is 15.2. The Hall–Kier alpha value is -0.830. The van der Waals surface area contributed by atoms with E-state index in [4.69, 9.17) is 0 Å². The molecule has 0 unspecified atom stereocenters. The second kappa shape index (κ2) is 2.58. The highest BCUT2D eigenvalue weighted by molar-refractivity contribution is 5.23. The van der Waals surface area contributed by atoms with Crippen LogP contribution in [0.3, 0.4) is 0 Å². The van der Waals surface area contributed by atoms with Crippen molar-refractivity contribution in [1.82, 2.24) is 15.1 Å². The van der Waals surface area contributed by atoms with E-state index >= 15 is 0 Å². The van der Waals surface area contributed by atoms with Gasteiger partial charge in [0.15, 0.2) is 0 Å². The maximum atomic E-state index is 4.20. The Morgan fingerprint density at radius 3 is 3.00 bits per heavy atom. The van der Waals surface area contributed by atoms with Gasteiger partial charge in [0.25, 0.3) is 0 Å². The summed E-state index contributed by atoms with van der Waals surface area (Å²) in [6.45, 7) is 0. The molecule has 0 amide bonds. The third-order valence-corrected chi connectivity index (χ3v) is 2.97. The van der Waals surface area contributed by atoms with Gasteiger partial charge in [-0.15, -0.1) is 0 Å². The number of aromatic nitrogens is 2. The Labute approximate surface area is 78.1 Å². The fourth-order valence-electron chi connectivity index (χ4n) is 1.93. The van der Waals surface area contributed by atoms with Gasteiger partial charge < -0.3 is 5.32 Å². The Morgan fingerprint density at radius 2 is 2.38 bits per heavy atom. The van der Waals surface area contributed by atoms with Crippen molar-refractivity contribution in [2.75, 3.05) is 0 Å². The van der Waals surface area contributed by atoms with Crippen LogP contribution in [0.15, 0.2) is 12.4 Å². The van der Waals surface area contributed by atoms with Crippen molar-refractivity contribution in [2.45, 2.75) is 37.3 Å². The Balaban J connectivity index is 1.62. The Kier molecular flexibility index (Phi) is 1.50. The van der Waals surface area contributed by atoms with Gasteiger partial charge in [0.05, 0.1) is 6.20 Å². The van der Waals surface area contributed by atoms with Gasteiger partial charge >= 0.3 is 0 Å². The highest BCUT2D eigenvalue weighted by Gasteiger charge is 2.41. The molecule has 2 aliphatic rings. The average molecular weight is 177 g/mol. The van der Waals surface area contributed by atoms with Crippen LogP contribution in [0.4, 0.5) is 0 Å². The van der Waals surface area contributed by atoms with Crippen LogP contribution in [0, 0.1) is 0 Å². The summed E-state index contributed by atoms with van der Waals surface area (Å²) in [4.78, 5) is 0. The summed E-state index contributed by atoms with van der Waals surface area (Å²) in [5.41, 5.74) is 1.40. The molecule has 3 heteroatoms. The number of rotatable bonds is 3. The number of aryl methyl sites for hydroxylation is 1. The van der Waals surface area contributed by atoms with Crippen LogP contribution in [0.5, 0.6) is 0 Å². The quantitative estimate of drug-likeness (QED) is 0.747. The SMILES string of the molecule is Cn1cc([C@H]2C[C@H]2NC2CC2)cn1. The molecule has 0 radical (unpaired) electrons.